The van der Waals surface area contributed by atoms with Crippen molar-refractivity contribution in [1.29, 1.82) is 0 Å². The average Bonchev–Trinajstić information content (AvgIpc) is 1.61. The number of hydrogen-bond acceptors (Lipinski definition) is 2. The number of unbranched alkanes of at least 4 members (excludes halogenated alkanes) is 1. The third kappa shape index (κ3) is 6.70. The Morgan fingerprint density at radius 2 is 2.00 bits per heavy atom. The Balaban J connectivity index is 2.68. The normalized spacial score (nSPS) is 10.3. The summed E-state index contributed by atoms with van der Waals surface area (Å²) in [5.41, 5.74) is 0. The van der Waals surface area contributed by atoms with E-state index in [0.29, 0.717) is 0 Å². The van der Waals surface area contributed by atoms with Crippen LogP contribution < -0.4 is 0 Å². The van der Waals surface area contributed by atoms with E-state index in [9.17, 15) is 0 Å². The Morgan fingerprint density at radius 1 is 1.43 bits per heavy atom. The zero-order valence-electron chi connectivity index (χ0n) is 4.30. The number of thiol groups is 2. The maximum atomic E-state index is 4.07. The molecule has 0 atom stereocenters. The van der Waals surface area contributed by atoms with Crippen LogP contribution >= 0.6 is 25.3 Å². The summed E-state index contributed by atoms with van der Waals surface area (Å²) < 4.78 is 0.252. The van der Waals surface area contributed by atoms with Crippen molar-refractivity contribution in [3.63, 3.8) is 0 Å². The molecule has 43 valence electrons. The van der Waals surface area contributed by atoms with E-state index in [4.69, 9.17) is 0 Å². The van der Waals surface area contributed by atoms with Gasteiger partial charge in [0.15, 0.2) is 0 Å². The van der Waals surface area contributed by atoms with Crippen molar-refractivity contribution in [2.24, 2.45) is 0 Å². The minimum atomic E-state index is 0.252. The summed E-state index contributed by atoms with van der Waals surface area (Å²) in [6, 6.07) is 0. The van der Waals surface area contributed by atoms with Crippen LogP contribution in [0.25, 0.3) is 0 Å². The zero-order valence-corrected chi connectivity index (χ0v) is 6.09. The molecule has 7 heavy (non-hydrogen) atoms. The fourth-order valence-electron chi connectivity index (χ4n) is 0.327. The highest BCUT2D eigenvalue weighted by Crippen LogP contribution is 2.08. The first kappa shape index (κ1) is 7.70. The van der Waals surface area contributed by atoms with E-state index in [0.717, 1.165) is 19.3 Å². The van der Waals surface area contributed by atoms with Gasteiger partial charge in [0.25, 0.3) is 0 Å². The van der Waals surface area contributed by atoms with Crippen LogP contribution in [0.1, 0.15) is 19.3 Å². The topological polar surface area (TPSA) is 0 Å². The summed E-state index contributed by atoms with van der Waals surface area (Å²) in [7, 11) is 0. The quantitative estimate of drug-likeness (QED) is 0.430. The Bertz CT molecular complexity index is 35.1. The highest BCUT2D eigenvalue weighted by atomic mass is 32.2. The largest absolute Gasteiger partial charge is 0.165 e. The molecule has 0 spiro atoms. The third-order valence-corrected chi connectivity index (χ3v) is 1.23. The van der Waals surface area contributed by atoms with Crippen LogP contribution in [0.5, 0.6) is 0 Å². The van der Waals surface area contributed by atoms with Crippen LogP contribution in [-0.2, 0) is 0 Å². The van der Waals surface area contributed by atoms with E-state index in [-0.39, 0.29) is 4.58 Å². The molecule has 0 aromatic carbocycles. The second-order valence-electron chi connectivity index (χ2n) is 1.48. The summed E-state index contributed by atoms with van der Waals surface area (Å²) in [5.74, 6) is 0. The molecule has 0 aliphatic carbocycles. The standard InChI is InChI=1S/C5H11S2/c1-2-3-4-5(6)7/h5-7H,1-4H2. The van der Waals surface area contributed by atoms with Gasteiger partial charge in [0.2, 0.25) is 0 Å². The molecular formula is C5H11S2. The molecule has 0 unspecified atom stereocenters. The zero-order chi connectivity index (χ0) is 5.70. The molecule has 0 aliphatic rings. The first-order chi connectivity index (χ1) is 3.27. The first-order valence-corrected chi connectivity index (χ1v) is 3.46. The van der Waals surface area contributed by atoms with Crippen LogP contribution in [0, 0.1) is 6.92 Å². The van der Waals surface area contributed by atoms with E-state index in [1.165, 1.54) is 0 Å². The summed E-state index contributed by atoms with van der Waals surface area (Å²) in [5, 5.41) is 0. The summed E-state index contributed by atoms with van der Waals surface area (Å²) in [6.07, 6.45) is 3.20. The highest BCUT2D eigenvalue weighted by molar-refractivity contribution is 7.99. The molecule has 0 aromatic rings. The van der Waals surface area contributed by atoms with Gasteiger partial charge in [-0.1, -0.05) is 19.8 Å². The van der Waals surface area contributed by atoms with E-state index < -0.39 is 0 Å². The lowest BCUT2D eigenvalue weighted by Crippen LogP contribution is -1.84. The average molecular weight is 135 g/mol. The highest BCUT2D eigenvalue weighted by Gasteiger charge is 1.90. The molecule has 2 heteroatoms. The third-order valence-electron chi connectivity index (χ3n) is 0.712. The van der Waals surface area contributed by atoms with Gasteiger partial charge >= 0.3 is 0 Å². The Morgan fingerprint density at radius 3 is 2.14 bits per heavy atom. The summed E-state index contributed by atoms with van der Waals surface area (Å²) >= 11 is 8.14. The molecule has 0 bridgehead atoms. The van der Waals surface area contributed by atoms with Crippen LogP contribution in [0.2, 0.25) is 0 Å². The summed E-state index contributed by atoms with van der Waals surface area (Å²) in [6.45, 7) is 3.69. The molecule has 0 N–H and O–H groups in total. The fourth-order valence-corrected chi connectivity index (χ4v) is 0.692. The van der Waals surface area contributed by atoms with E-state index in [2.05, 4.69) is 32.2 Å². The van der Waals surface area contributed by atoms with Gasteiger partial charge < -0.3 is 0 Å². The molecule has 0 aliphatic heterocycles. The molecule has 1 radical (unpaired) electrons. The molecule has 0 heterocycles. The monoisotopic (exact) mass is 135 g/mol. The molecule has 0 saturated carbocycles. The maximum absolute atomic E-state index is 4.07. The van der Waals surface area contributed by atoms with Crippen LogP contribution in [0.4, 0.5) is 0 Å². The van der Waals surface area contributed by atoms with Crippen molar-refractivity contribution in [3.8, 4) is 0 Å². The maximum Gasteiger partial charge on any atom is 0.0442 e. The molecular weight excluding hydrogens is 124 g/mol. The van der Waals surface area contributed by atoms with E-state index in [1.807, 2.05) is 0 Å². The Labute approximate surface area is 56.5 Å². The molecule has 0 aromatic heterocycles. The van der Waals surface area contributed by atoms with Crippen LogP contribution in [-0.4, -0.2) is 4.58 Å². The lowest BCUT2D eigenvalue weighted by Gasteiger charge is -1.97. The van der Waals surface area contributed by atoms with Crippen LogP contribution in [0.3, 0.4) is 0 Å². The van der Waals surface area contributed by atoms with Crippen molar-refractivity contribution >= 4 is 25.3 Å². The van der Waals surface area contributed by atoms with Gasteiger partial charge in [0, 0.05) is 4.58 Å². The Kier molecular flexibility index (Phi) is 5.33. The van der Waals surface area contributed by atoms with Gasteiger partial charge in [-0.2, -0.15) is 25.3 Å². The second kappa shape index (κ2) is 4.85. The smallest absolute Gasteiger partial charge is 0.0442 e. The van der Waals surface area contributed by atoms with Gasteiger partial charge in [-0.25, -0.2) is 0 Å². The van der Waals surface area contributed by atoms with Crippen molar-refractivity contribution in [2.45, 2.75) is 23.8 Å². The van der Waals surface area contributed by atoms with Crippen LogP contribution in [0.15, 0.2) is 0 Å². The fraction of sp³-hybridized carbons (Fsp3) is 0.800. The molecule has 0 fully saturated rings. The molecule has 0 nitrogen and oxygen atoms in total. The Hall–Kier alpha value is 0.700. The molecule has 0 saturated heterocycles. The minimum absolute atomic E-state index is 0.252. The second-order valence-corrected chi connectivity index (χ2v) is 3.13. The van der Waals surface area contributed by atoms with Gasteiger partial charge in [-0.15, -0.1) is 0 Å². The summed E-state index contributed by atoms with van der Waals surface area (Å²) in [4.78, 5) is 0. The van der Waals surface area contributed by atoms with Gasteiger partial charge in [-0.05, 0) is 6.42 Å². The van der Waals surface area contributed by atoms with E-state index in [1.54, 1.807) is 0 Å². The van der Waals surface area contributed by atoms with Crippen molar-refractivity contribution < 1.29 is 0 Å². The molecule has 0 amide bonds. The number of hydrogen-bond donors (Lipinski definition) is 2. The predicted molar refractivity (Wildman–Crippen MR) is 41.0 cm³/mol. The van der Waals surface area contributed by atoms with Gasteiger partial charge in [-0.3, -0.25) is 0 Å². The predicted octanol–water partition coefficient (Wildman–Crippen LogP) is 2.18. The SMILES string of the molecule is [CH2]CCCC(S)S. The molecule has 0 rings (SSSR count). The van der Waals surface area contributed by atoms with Crippen molar-refractivity contribution in [2.75, 3.05) is 0 Å². The lowest BCUT2D eigenvalue weighted by atomic mass is 10.3. The number of rotatable bonds is 3. The van der Waals surface area contributed by atoms with Crippen molar-refractivity contribution in [1.82, 2.24) is 0 Å². The van der Waals surface area contributed by atoms with Gasteiger partial charge in [0.1, 0.15) is 0 Å². The lowest BCUT2D eigenvalue weighted by molar-refractivity contribution is 0.806. The van der Waals surface area contributed by atoms with E-state index >= 15 is 0 Å². The van der Waals surface area contributed by atoms with Crippen molar-refractivity contribution in [3.05, 3.63) is 6.92 Å². The van der Waals surface area contributed by atoms with Gasteiger partial charge in [0.05, 0.1) is 0 Å². The first-order valence-electron chi connectivity index (χ1n) is 2.42. The minimum Gasteiger partial charge on any atom is -0.165 e.